The van der Waals surface area contributed by atoms with E-state index in [0.29, 0.717) is 12.8 Å². The monoisotopic (exact) mass is 194 g/mol. The number of hydrogen-bond acceptors (Lipinski definition) is 3. The van der Waals surface area contributed by atoms with Gasteiger partial charge in [-0.1, -0.05) is 6.08 Å². The van der Waals surface area contributed by atoms with E-state index < -0.39 is 17.7 Å². The molecule has 0 aliphatic heterocycles. The van der Waals surface area contributed by atoms with Crippen molar-refractivity contribution in [3.05, 3.63) is 12.7 Å². The van der Waals surface area contributed by atoms with Crippen molar-refractivity contribution in [3.63, 3.8) is 0 Å². The summed E-state index contributed by atoms with van der Waals surface area (Å²) >= 11 is 0. The summed E-state index contributed by atoms with van der Waals surface area (Å²) in [5.41, 5.74) is 5.44. The lowest BCUT2D eigenvalue weighted by molar-refractivity contribution is -0.138. The van der Waals surface area contributed by atoms with Gasteiger partial charge in [-0.25, -0.2) is 0 Å². The van der Waals surface area contributed by atoms with Gasteiger partial charge in [-0.3, -0.25) is 9.59 Å². The van der Waals surface area contributed by atoms with Crippen LogP contribution in [0.1, 0.15) is 12.8 Å². The van der Waals surface area contributed by atoms with E-state index >= 15 is 0 Å². The first-order valence-electron chi connectivity index (χ1n) is 4.25. The number of carbonyl (C=O) groups excluding carboxylic acids is 2. The van der Waals surface area contributed by atoms with Gasteiger partial charge in [0, 0.05) is 13.0 Å². The highest BCUT2D eigenvalue weighted by atomic mass is 16.2. The molecule has 0 aromatic rings. The normalized spacial score (nSPS) is 11.1. The number of hydrogen-bond donors (Lipinski definition) is 2. The predicted octanol–water partition coefficient (Wildman–Crippen LogP) is -0.402. The Balaban J connectivity index is 3.98. The summed E-state index contributed by atoms with van der Waals surface area (Å²) in [6, 6.07) is -0.809. The van der Waals surface area contributed by atoms with Gasteiger partial charge in [0.1, 0.15) is 0 Å². The first kappa shape index (κ1) is 12.4. The van der Waals surface area contributed by atoms with Crippen LogP contribution in [0, 0.1) is 12.3 Å². The molecule has 0 aromatic carbocycles. The number of Topliss-reactive ketones (excluding diaryl/α,β-unsaturated/α-hetero) is 1. The largest absolute Gasteiger partial charge is 0.346 e. The molecule has 0 bridgehead atoms. The van der Waals surface area contributed by atoms with E-state index in [-0.39, 0.29) is 6.54 Å². The van der Waals surface area contributed by atoms with Crippen LogP contribution >= 0.6 is 0 Å². The molecule has 4 nitrogen and oxygen atoms in total. The van der Waals surface area contributed by atoms with Gasteiger partial charge in [0.25, 0.3) is 5.91 Å². The molecule has 76 valence electrons. The lowest BCUT2D eigenvalue weighted by Crippen LogP contribution is -2.42. The van der Waals surface area contributed by atoms with Crippen molar-refractivity contribution in [2.24, 2.45) is 5.73 Å². The molecule has 0 aromatic heterocycles. The Hall–Kier alpha value is -1.60. The van der Waals surface area contributed by atoms with Crippen molar-refractivity contribution in [3.8, 4) is 12.3 Å². The minimum absolute atomic E-state index is 0.256. The molecule has 3 N–H and O–H groups in total. The van der Waals surface area contributed by atoms with Crippen LogP contribution in [0.25, 0.3) is 0 Å². The van der Waals surface area contributed by atoms with Gasteiger partial charge >= 0.3 is 0 Å². The zero-order chi connectivity index (χ0) is 11.0. The molecule has 0 saturated heterocycles. The molecule has 1 amide bonds. The number of nitrogens with two attached hydrogens (primary N) is 1. The number of rotatable bonds is 6. The standard InChI is InChI=1S/C10H14N2O2/c1-3-5-6-8(11)9(13)10(14)12-7-4-2/h1,4,8H,2,5-7,11H2,(H,12,14). The van der Waals surface area contributed by atoms with Crippen LogP contribution in [0.4, 0.5) is 0 Å². The SMILES string of the molecule is C#CCCC(N)C(=O)C(=O)NCC=C. The van der Waals surface area contributed by atoms with Gasteiger partial charge in [0.15, 0.2) is 0 Å². The molecule has 0 spiro atoms. The molecule has 4 heteroatoms. The summed E-state index contributed by atoms with van der Waals surface area (Å²) in [5.74, 6) is 1.03. The number of terminal acetylenes is 1. The third-order valence-corrected chi connectivity index (χ3v) is 1.57. The van der Waals surface area contributed by atoms with E-state index in [0.717, 1.165) is 0 Å². The second-order valence-corrected chi connectivity index (χ2v) is 2.71. The minimum atomic E-state index is -0.809. The van der Waals surface area contributed by atoms with Gasteiger partial charge in [0.2, 0.25) is 5.78 Å². The fourth-order valence-corrected chi connectivity index (χ4v) is 0.790. The summed E-state index contributed by atoms with van der Waals surface area (Å²) < 4.78 is 0. The van der Waals surface area contributed by atoms with E-state index in [1.807, 2.05) is 0 Å². The first-order valence-corrected chi connectivity index (χ1v) is 4.25. The van der Waals surface area contributed by atoms with E-state index in [1.165, 1.54) is 6.08 Å². The Labute approximate surface area is 83.5 Å². The summed E-state index contributed by atoms with van der Waals surface area (Å²) in [6.07, 6.45) is 7.21. The highest BCUT2D eigenvalue weighted by molar-refractivity contribution is 6.38. The van der Waals surface area contributed by atoms with Crippen LogP contribution < -0.4 is 11.1 Å². The molecule has 1 atom stereocenters. The number of amides is 1. The fraction of sp³-hybridized carbons (Fsp3) is 0.400. The molecule has 0 aliphatic carbocycles. The Morgan fingerprint density at radius 1 is 1.64 bits per heavy atom. The van der Waals surface area contributed by atoms with Crippen LogP contribution in [-0.4, -0.2) is 24.3 Å². The van der Waals surface area contributed by atoms with Crippen molar-refractivity contribution in [2.45, 2.75) is 18.9 Å². The molecule has 0 fully saturated rings. The predicted molar refractivity (Wildman–Crippen MR) is 54.3 cm³/mol. The smallest absolute Gasteiger partial charge is 0.289 e. The van der Waals surface area contributed by atoms with E-state index in [2.05, 4.69) is 17.8 Å². The quantitative estimate of drug-likeness (QED) is 0.343. The number of nitrogens with one attached hydrogen (secondary N) is 1. The van der Waals surface area contributed by atoms with Crippen molar-refractivity contribution >= 4 is 11.7 Å². The van der Waals surface area contributed by atoms with Gasteiger partial charge in [-0.2, -0.15) is 0 Å². The maximum Gasteiger partial charge on any atom is 0.289 e. The first-order chi connectivity index (χ1) is 6.63. The molecule has 0 rings (SSSR count). The zero-order valence-corrected chi connectivity index (χ0v) is 7.95. The summed E-state index contributed by atoms with van der Waals surface area (Å²) in [6.45, 7) is 3.66. The lowest BCUT2D eigenvalue weighted by Gasteiger charge is -2.07. The van der Waals surface area contributed by atoms with Gasteiger partial charge in [-0.15, -0.1) is 18.9 Å². The summed E-state index contributed by atoms with van der Waals surface area (Å²) in [7, 11) is 0. The molecule has 14 heavy (non-hydrogen) atoms. The Bertz CT molecular complexity index is 266. The van der Waals surface area contributed by atoms with Gasteiger partial charge < -0.3 is 11.1 Å². The molecule has 0 saturated carbocycles. The molecular weight excluding hydrogens is 180 g/mol. The van der Waals surface area contributed by atoms with E-state index in [1.54, 1.807) is 0 Å². The average molecular weight is 194 g/mol. The fourth-order valence-electron chi connectivity index (χ4n) is 0.790. The van der Waals surface area contributed by atoms with Crippen LogP contribution in [0.15, 0.2) is 12.7 Å². The number of ketones is 1. The molecule has 0 aliphatic rings. The van der Waals surface area contributed by atoms with Gasteiger partial charge in [0.05, 0.1) is 6.04 Å². The number of carbonyl (C=O) groups is 2. The molecule has 0 heterocycles. The van der Waals surface area contributed by atoms with Crippen molar-refractivity contribution in [2.75, 3.05) is 6.54 Å². The Morgan fingerprint density at radius 3 is 2.79 bits per heavy atom. The van der Waals surface area contributed by atoms with Crippen molar-refractivity contribution in [1.82, 2.24) is 5.32 Å². The van der Waals surface area contributed by atoms with Crippen molar-refractivity contribution in [1.29, 1.82) is 0 Å². The minimum Gasteiger partial charge on any atom is -0.346 e. The van der Waals surface area contributed by atoms with Crippen LogP contribution in [0.3, 0.4) is 0 Å². The third kappa shape index (κ3) is 4.43. The Kier molecular flexibility index (Phi) is 6.08. The zero-order valence-electron chi connectivity index (χ0n) is 7.95. The van der Waals surface area contributed by atoms with Crippen LogP contribution in [-0.2, 0) is 9.59 Å². The molecule has 1 unspecified atom stereocenters. The average Bonchev–Trinajstić information content (AvgIpc) is 2.21. The summed E-state index contributed by atoms with van der Waals surface area (Å²) in [5, 5.41) is 2.35. The third-order valence-electron chi connectivity index (χ3n) is 1.57. The Morgan fingerprint density at radius 2 is 2.29 bits per heavy atom. The molecular formula is C10H14N2O2. The second kappa shape index (κ2) is 6.87. The van der Waals surface area contributed by atoms with Crippen LogP contribution in [0.5, 0.6) is 0 Å². The van der Waals surface area contributed by atoms with Crippen molar-refractivity contribution < 1.29 is 9.59 Å². The highest BCUT2D eigenvalue weighted by Gasteiger charge is 2.20. The maximum absolute atomic E-state index is 11.2. The van der Waals surface area contributed by atoms with Crippen LogP contribution in [0.2, 0.25) is 0 Å². The molecule has 0 radical (unpaired) electrons. The topological polar surface area (TPSA) is 72.2 Å². The second-order valence-electron chi connectivity index (χ2n) is 2.71. The highest BCUT2D eigenvalue weighted by Crippen LogP contribution is 1.94. The summed E-state index contributed by atoms with van der Waals surface area (Å²) in [4.78, 5) is 22.3. The van der Waals surface area contributed by atoms with E-state index in [9.17, 15) is 9.59 Å². The maximum atomic E-state index is 11.2. The lowest BCUT2D eigenvalue weighted by atomic mass is 10.1. The van der Waals surface area contributed by atoms with E-state index in [4.69, 9.17) is 12.2 Å². The van der Waals surface area contributed by atoms with Gasteiger partial charge in [-0.05, 0) is 6.42 Å².